The molecule has 172 valence electrons. The summed E-state index contributed by atoms with van der Waals surface area (Å²) in [7, 11) is 3.49. The number of hydrogen-bond acceptors (Lipinski definition) is 6. The first kappa shape index (κ1) is 23.2. The molecule has 9 heteroatoms. The van der Waals surface area contributed by atoms with E-state index in [1.165, 1.54) is 25.7 Å². The Morgan fingerprint density at radius 1 is 1.13 bits per heavy atom. The normalized spacial score (nSPS) is 25.1. The van der Waals surface area contributed by atoms with Crippen LogP contribution in [0.1, 0.15) is 38.5 Å². The summed E-state index contributed by atoms with van der Waals surface area (Å²) < 4.78 is 17.8. The van der Waals surface area contributed by atoms with Crippen LogP contribution in [0.3, 0.4) is 0 Å². The quantitative estimate of drug-likeness (QED) is 0.451. The molecule has 0 radical (unpaired) electrons. The third-order valence-corrected chi connectivity index (χ3v) is 5.97. The summed E-state index contributed by atoms with van der Waals surface area (Å²) in [5.41, 5.74) is 0. The predicted molar refractivity (Wildman–Crippen MR) is 116 cm³/mol. The second-order valence-electron chi connectivity index (χ2n) is 8.59. The Labute approximate surface area is 180 Å². The van der Waals surface area contributed by atoms with Crippen LogP contribution in [0.15, 0.2) is 4.99 Å². The van der Waals surface area contributed by atoms with E-state index in [1.807, 2.05) is 0 Å². The largest absolute Gasteiger partial charge is 0.379 e. The van der Waals surface area contributed by atoms with Crippen LogP contribution in [0.5, 0.6) is 0 Å². The summed E-state index contributed by atoms with van der Waals surface area (Å²) >= 11 is 0. The SMILES string of the molecule is CN(C)C(=O)CN=C(NCCN1CCOCC1)NCC1COC2(CCCCCC2)O1. The molecular weight excluding hydrogens is 386 g/mol. The highest BCUT2D eigenvalue weighted by atomic mass is 16.7. The van der Waals surface area contributed by atoms with Crippen LogP contribution in [0.4, 0.5) is 0 Å². The van der Waals surface area contributed by atoms with Crippen molar-refractivity contribution < 1.29 is 19.0 Å². The predicted octanol–water partition coefficient (Wildman–Crippen LogP) is 0.408. The van der Waals surface area contributed by atoms with Gasteiger partial charge >= 0.3 is 0 Å². The first-order chi connectivity index (χ1) is 14.6. The van der Waals surface area contributed by atoms with E-state index in [4.69, 9.17) is 14.2 Å². The third kappa shape index (κ3) is 7.37. The Kier molecular flexibility index (Phi) is 9.17. The van der Waals surface area contributed by atoms with Crippen LogP contribution in [0.25, 0.3) is 0 Å². The standard InChI is InChI=1S/C21H39N5O4/c1-25(2)19(27)16-24-20(22-9-10-26-11-13-28-14-12-26)23-15-18-17-29-21(30-18)7-5-3-4-6-8-21/h18H,3-17H2,1-2H3,(H2,22,23,24). The van der Waals surface area contributed by atoms with Gasteiger partial charge in [0.25, 0.3) is 0 Å². The molecule has 3 fully saturated rings. The van der Waals surface area contributed by atoms with Crippen molar-refractivity contribution in [2.75, 3.05) is 73.2 Å². The third-order valence-electron chi connectivity index (χ3n) is 5.97. The molecule has 0 aromatic carbocycles. The van der Waals surface area contributed by atoms with Crippen molar-refractivity contribution in [2.45, 2.75) is 50.4 Å². The fraction of sp³-hybridized carbons (Fsp3) is 0.905. The molecule has 1 spiro atoms. The van der Waals surface area contributed by atoms with Gasteiger partial charge in [0.1, 0.15) is 12.6 Å². The number of nitrogens with one attached hydrogen (secondary N) is 2. The molecule has 0 bridgehead atoms. The van der Waals surface area contributed by atoms with E-state index < -0.39 is 0 Å². The van der Waals surface area contributed by atoms with Crippen molar-refractivity contribution in [1.29, 1.82) is 0 Å². The molecule has 2 heterocycles. The summed E-state index contributed by atoms with van der Waals surface area (Å²) in [6, 6.07) is 0. The summed E-state index contributed by atoms with van der Waals surface area (Å²) in [5.74, 6) is 0.233. The molecular formula is C21H39N5O4. The number of ether oxygens (including phenoxy) is 3. The molecule has 30 heavy (non-hydrogen) atoms. The number of amides is 1. The average molecular weight is 426 g/mol. The lowest BCUT2D eigenvalue weighted by molar-refractivity contribution is -0.175. The highest BCUT2D eigenvalue weighted by Gasteiger charge is 2.41. The van der Waals surface area contributed by atoms with E-state index in [0.29, 0.717) is 19.1 Å². The van der Waals surface area contributed by atoms with Gasteiger partial charge in [0.15, 0.2) is 11.7 Å². The molecule has 3 rings (SSSR count). The Hall–Kier alpha value is -1.42. The van der Waals surface area contributed by atoms with Crippen LogP contribution < -0.4 is 10.6 Å². The van der Waals surface area contributed by atoms with Gasteiger partial charge in [0.05, 0.1) is 19.8 Å². The second kappa shape index (κ2) is 11.8. The zero-order valence-electron chi connectivity index (χ0n) is 18.7. The number of carbonyl (C=O) groups excluding carboxylic acids is 1. The van der Waals surface area contributed by atoms with Gasteiger partial charge in [-0.2, -0.15) is 0 Å². The van der Waals surface area contributed by atoms with Crippen LogP contribution in [-0.4, -0.2) is 107 Å². The smallest absolute Gasteiger partial charge is 0.243 e. The van der Waals surface area contributed by atoms with E-state index >= 15 is 0 Å². The highest BCUT2D eigenvalue weighted by molar-refractivity contribution is 5.84. The van der Waals surface area contributed by atoms with Gasteiger partial charge in [-0.15, -0.1) is 0 Å². The minimum absolute atomic E-state index is 0.00102. The number of aliphatic imine (C=N–C) groups is 1. The number of morpholine rings is 1. The van der Waals surface area contributed by atoms with Gasteiger partial charge in [-0.3, -0.25) is 9.69 Å². The Balaban J connectivity index is 1.47. The van der Waals surface area contributed by atoms with Crippen molar-refractivity contribution in [2.24, 2.45) is 4.99 Å². The first-order valence-corrected chi connectivity index (χ1v) is 11.4. The van der Waals surface area contributed by atoms with E-state index in [-0.39, 0.29) is 24.3 Å². The molecule has 2 N–H and O–H groups in total. The van der Waals surface area contributed by atoms with Crippen LogP contribution in [0, 0.1) is 0 Å². The molecule has 1 atom stereocenters. The molecule has 0 aromatic rings. The number of likely N-dealkylation sites (N-methyl/N-ethyl adjacent to an activating group) is 1. The Bertz CT molecular complexity index is 558. The molecule has 1 saturated carbocycles. The monoisotopic (exact) mass is 425 g/mol. The summed E-state index contributed by atoms with van der Waals surface area (Å²) in [4.78, 5) is 20.3. The fourth-order valence-electron chi connectivity index (χ4n) is 4.08. The number of rotatable bonds is 7. The highest BCUT2D eigenvalue weighted by Crippen LogP contribution is 2.36. The molecule has 1 unspecified atom stereocenters. The first-order valence-electron chi connectivity index (χ1n) is 11.4. The van der Waals surface area contributed by atoms with E-state index in [9.17, 15) is 4.79 Å². The van der Waals surface area contributed by atoms with Gasteiger partial charge in [0, 0.05) is 59.7 Å². The zero-order chi connectivity index (χ0) is 21.2. The number of carbonyl (C=O) groups is 1. The van der Waals surface area contributed by atoms with Gasteiger partial charge in [-0.25, -0.2) is 4.99 Å². The van der Waals surface area contributed by atoms with Crippen molar-refractivity contribution in [3.8, 4) is 0 Å². The number of hydrogen-bond donors (Lipinski definition) is 2. The van der Waals surface area contributed by atoms with Crippen LogP contribution >= 0.6 is 0 Å². The maximum Gasteiger partial charge on any atom is 0.243 e. The maximum atomic E-state index is 12.0. The summed E-state index contributed by atoms with van der Waals surface area (Å²) in [6.07, 6.45) is 6.84. The van der Waals surface area contributed by atoms with E-state index in [1.54, 1.807) is 19.0 Å². The van der Waals surface area contributed by atoms with Crippen LogP contribution in [0.2, 0.25) is 0 Å². The molecule has 2 aliphatic heterocycles. The van der Waals surface area contributed by atoms with Gasteiger partial charge < -0.3 is 29.7 Å². The van der Waals surface area contributed by atoms with Crippen molar-refractivity contribution in [1.82, 2.24) is 20.4 Å². The molecule has 9 nitrogen and oxygen atoms in total. The molecule has 0 aromatic heterocycles. The van der Waals surface area contributed by atoms with Crippen LogP contribution in [-0.2, 0) is 19.0 Å². The molecule has 1 aliphatic carbocycles. The van der Waals surface area contributed by atoms with Gasteiger partial charge in [0.2, 0.25) is 5.91 Å². The van der Waals surface area contributed by atoms with Crippen molar-refractivity contribution in [3.63, 3.8) is 0 Å². The Morgan fingerprint density at radius 2 is 1.87 bits per heavy atom. The van der Waals surface area contributed by atoms with E-state index in [2.05, 4.69) is 20.5 Å². The molecule has 1 amide bonds. The number of guanidine groups is 1. The van der Waals surface area contributed by atoms with Crippen molar-refractivity contribution in [3.05, 3.63) is 0 Å². The summed E-state index contributed by atoms with van der Waals surface area (Å²) in [6.45, 7) is 6.49. The Morgan fingerprint density at radius 3 is 2.57 bits per heavy atom. The minimum Gasteiger partial charge on any atom is -0.379 e. The van der Waals surface area contributed by atoms with Crippen molar-refractivity contribution >= 4 is 11.9 Å². The minimum atomic E-state index is -0.384. The lowest BCUT2D eigenvalue weighted by atomic mass is 10.1. The maximum absolute atomic E-state index is 12.0. The summed E-state index contributed by atoms with van der Waals surface area (Å²) in [5, 5.41) is 6.71. The second-order valence-corrected chi connectivity index (χ2v) is 8.59. The van der Waals surface area contributed by atoms with Gasteiger partial charge in [-0.05, 0) is 12.8 Å². The number of nitrogens with zero attached hydrogens (tertiary/aromatic N) is 3. The van der Waals surface area contributed by atoms with E-state index in [0.717, 1.165) is 52.2 Å². The molecule has 3 aliphatic rings. The van der Waals surface area contributed by atoms with Gasteiger partial charge in [-0.1, -0.05) is 12.8 Å². The average Bonchev–Trinajstić information content (AvgIpc) is 3.00. The fourth-order valence-corrected chi connectivity index (χ4v) is 4.08. The lowest BCUT2D eigenvalue weighted by Crippen LogP contribution is -2.46. The topological polar surface area (TPSA) is 87.7 Å². The zero-order valence-corrected chi connectivity index (χ0v) is 18.7. The molecule has 2 saturated heterocycles. The lowest BCUT2D eigenvalue weighted by Gasteiger charge is -2.27.